The second-order valence-corrected chi connectivity index (χ2v) is 7.09. The zero-order chi connectivity index (χ0) is 13.9. The maximum Gasteiger partial charge on any atom is 0.389 e. The zero-order valence-electron chi connectivity index (χ0n) is 10.3. The van der Waals surface area contributed by atoms with Gasteiger partial charge in [-0.05, 0) is 34.5 Å². The molecule has 19 heavy (non-hydrogen) atoms. The number of hydrogen-bond acceptors (Lipinski definition) is 3. The predicted molar refractivity (Wildman–Crippen MR) is 74.5 cm³/mol. The molecule has 1 aromatic rings. The number of alkyl halides is 3. The fraction of sp³-hybridized carbons (Fsp3) is 0.667. The lowest BCUT2D eigenvalue weighted by molar-refractivity contribution is -0.138. The van der Waals surface area contributed by atoms with Crippen LogP contribution in [0.3, 0.4) is 0 Å². The van der Waals surface area contributed by atoms with Crippen molar-refractivity contribution >= 4 is 27.3 Å². The maximum absolute atomic E-state index is 12.5. The Bertz CT molecular complexity index is 402. The minimum Gasteiger partial charge on any atom is -0.314 e. The standard InChI is InChI=1S/C12H16BrF3N2S/c13-11-2-1-10(19-11)9(3-4-12(14,15)16)18-7-5-17-6-8-18/h1-2,9,17H,3-8H2/t9-/m0/s1. The van der Waals surface area contributed by atoms with Gasteiger partial charge in [-0.1, -0.05) is 0 Å². The van der Waals surface area contributed by atoms with Crippen LogP contribution in [0.15, 0.2) is 15.9 Å². The van der Waals surface area contributed by atoms with E-state index in [0.29, 0.717) is 0 Å². The molecule has 1 fully saturated rings. The lowest BCUT2D eigenvalue weighted by Crippen LogP contribution is -2.45. The summed E-state index contributed by atoms with van der Waals surface area (Å²) in [5.74, 6) is 0. The first-order valence-corrected chi connectivity index (χ1v) is 7.83. The Morgan fingerprint density at radius 1 is 1.32 bits per heavy atom. The largest absolute Gasteiger partial charge is 0.389 e. The van der Waals surface area contributed by atoms with Gasteiger partial charge in [0.05, 0.1) is 3.79 Å². The van der Waals surface area contributed by atoms with Gasteiger partial charge in [-0.3, -0.25) is 4.90 Å². The third-order valence-electron chi connectivity index (χ3n) is 3.22. The third-order valence-corrected chi connectivity index (χ3v) is 4.94. The van der Waals surface area contributed by atoms with Crippen LogP contribution in [0.25, 0.3) is 0 Å². The molecule has 1 aliphatic heterocycles. The highest BCUT2D eigenvalue weighted by Gasteiger charge is 2.31. The average Bonchev–Trinajstić information content (AvgIpc) is 2.76. The molecule has 0 radical (unpaired) electrons. The SMILES string of the molecule is FC(F)(F)CC[C@@H](c1ccc(Br)s1)N1CCNCC1. The molecule has 0 amide bonds. The summed E-state index contributed by atoms with van der Waals surface area (Å²) >= 11 is 4.91. The molecule has 2 rings (SSSR count). The van der Waals surface area contributed by atoms with E-state index in [1.54, 1.807) is 0 Å². The number of rotatable bonds is 4. The van der Waals surface area contributed by atoms with E-state index in [2.05, 4.69) is 26.1 Å². The number of nitrogens with zero attached hydrogens (tertiary/aromatic N) is 1. The lowest BCUT2D eigenvalue weighted by Gasteiger charge is -2.34. The molecule has 1 N–H and O–H groups in total. The number of piperazine rings is 1. The number of thiophene rings is 1. The molecule has 0 aromatic carbocycles. The van der Waals surface area contributed by atoms with E-state index < -0.39 is 12.6 Å². The Kier molecular flexibility index (Phi) is 5.28. The minimum absolute atomic E-state index is 0.125. The molecule has 0 saturated carbocycles. The van der Waals surface area contributed by atoms with Crippen LogP contribution in [0.1, 0.15) is 23.8 Å². The minimum atomic E-state index is -4.08. The van der Waals surface area contributed by atoms with Crippen molar-refractivity contribution in [2.45, 2.75) is 25.1 Å². The van der Waals surface area contributed by atoms with Crippen LogP contribution in [0.5, 0.6) is 0 Å². The molecule has 1 saturated heterocycles. The molecule has 1 atom stereocenters. The van der Waals surface area contributed by atoms with Crippen LogP contribution >= 0.6 is 27.3 Å². The third kappa shape index (κ3) is 4.73. The van der Waals surface area contributed by atoms with E-state index in [-0.39, 0.29) is 12.5 Å². The highest BCUT2D eigenvalue weighted by Crippen LogP contribution is 2.36. The highest BCUT2D eigenvalue weighted by molar-refractivity contribution is 9.11. The normalized spacial score (nSPS) is 19.6. The predicted octanol–water partition coefficient (Wildman–Crippen LogP) is 3.80. The number of hydrogen-bond donors (Lipinski definition) is 1. The second kappa shape index (κ2) is 6.56. The van der Waals surface area contributed by atoms with Crippen molar-refractivity contribution in [1.29, 1.82) is 0 Å². The summed E-state index contributed by atoms with van der Waals surface area (Å²) < 4.78 is 38.4. The molecule has 2 heterocycles. The summed E-state index contributed by atoms with van der Waals surface area (Å²) in [6.45, 7) is 3.29. The Morgan fingerprint density at radius 3 is 2.53 bits per heavy atom. The second-order valence-electron chi connectivity index (χ2n) is 4.60. The molecule has 0 spiro atoms. The first-order chi connectivity index (χ1) is 8.96. The number of halogens is 4. The van der Waals surface area contributed by atoms with Crippen molar-refractivity contribution in [3.05, 3.63) is 20.8 Å². The summed E-state index contributed by atoms with van der Waals surface area (Å²) in [6.07, 6.45) is -4.67. The van der Waals surface area contributed by atoms with E-state index in [1.165, 1.54) is 11.3 Å². The fourth-order valence-electron chi connectivity index (χ4n) is 2.31. The van der Waals surface area contributed by atoms with Gasteiger partial charge in [-0.15, -0.1) is 11.3 Å². The van der Waals surface area contributed by atoms with Gasteiger partial charge in [0.1, 0.15) is 0 Å². The van der Waals surface area contributed by atoms with Crippen molar-refractivity contribution in [2.24, 2.45) is 0 Å². The van der Waals surface area contributed by atoms with Gasteiger partial charge in [0, 0.05) is 43.5 Å². The summed E-state index contributed by atoms with van der Waals surface area (Å²) in [4.78, 5) is 3.17. The van der Waals surface area contributed by atoms with E-state index in [0.717, 1.165) is 34.8 Å². The van der Waals surface area contributed by atoms with Crippen LogP contribution in [0.4, 0.5) is 13.2 Å². The van der Waals surface area contributed by atoms with Crippen LogP contribution in [0, 0.1) is 0 Å². The fourth-order valence-corrected chi connectivity index (χ4v) is 3.90. The molecule has 0 bridgehead atoms. The van der Waals surface area contributed by atoms with Gasteiger partial charge in [-0.25, -0.2) is 0 Å². The van der Waals surface area contributed by atoms with Gasteiger partial charge in [-0.2, -0.15) is 13.2 Å². The Labute approximate surface area is 123 Å². The van der Waals surface area contributed by atoms with Crippen LogP contribution < -0.4 is 5.32 Å². The summed E-state index contributed by atoms with van der Waals surface area (Å²) in [6, 6.07) is 3.71. The topological polar surface area (TPSA) is 15.3 Å². The van der Waals surface area contributed by atoms with Crippen molar-refractivity contribution in [1.82, 2.24) is 10.2 Å². The monoisotopic (exact) mass is 356 g/mol. The van der Waals surface area contributed by atoms with Crippen molar-refractivity contribution < 1.29 is 13.2 Å². The van der Waals surface area contributed by atoms with Gasteiger partial charge < -0.3 is 5.32 Å². The average molecular weight is 357 g/mol. The molecular formula is C12H16BrF3N2S. The molecule has 108 valence electrons. The first-order valence-electron chi connectivity index (χ1n) is 6.22. The van der Waals surface area contributed by atoms with E-state index in [4.69, 9.17) is 0 Å². The summed E-state index contributed by atoms with van der Waals surface area (Å²) in [5.41, 5.74) is 0. The lowest BCUT2D eigenvalue weighted by atomic mass is 10.1. The molecule has 1 aromatic heterocycles. The molecule has 7 heteroatoms. The zero-order valence-corrected chi connectivity index (χ0v) is 12.7. The van der Waals surface area contributed by atoms with Gasteiger partial charge in [0.25, 0.3) is 0 Å². The van der Waals surface area contributed by atoms with E-state index >= 15 is 0 Å². The van der Waals surface area contributed by atoms with Gasteiger partial charge >= 0.3 is 6.18 Å². The van der Waals surface area contributed by atoms with Crippen LogP contribution in [-0.4, -0.2) is 37.3 Å². The molecule has 0 unspecified atom stereocenters. The van der Waals surface area contributed by atoms with Crippen molar-refractivity contribution in [2.75, 3.05) is 26.2 Å². The Morgan fingerprint density at radius 2 is 2.00 bits per heavy atom. The smallest absolute Gasteiger partial charge is 0.314 e. The molecular weight excluding hydrogens is 341 g/mol. The number of nitrogens with one attached hydrogen (secondary N) is 1. The van der Waals surface area contributed by atoms with E-state index in [9.17, 15) is 13.2 Å². The van der Waals surface area contributed by atoms with Crippen molar-refractivity contribution in [3.8, 4) is 0 Å². The summed E-state index contributed by atoms with van der Waals surface area (Å²) in [7, 11) is 0. The van der Waals surface area contributed by atoms with Crippen LogP contribution in [0.2, 0.25) is 0 Å². The quantitative estimate of drug-likeness (QED) is 0.882. The van der Waals surface area contributed by atoms with Crippen molar-refractivity contribution in [3.63, 3.8) is 0 Å². The molecule has 2 nitrogen and oxygen atoms in total. The Balaban J connectivity index is 2.08. The molecule has 1 aliphatic rings. The molecule has 0 aliphatic carbocycles. The Hall–Kier alpha value is -0.110. The highest BCUT2D eigenvalue weighted by atomic mass is 79.9. The van der Waals surface area contributed by atoms with Gasteiger partial charge in [0.15, 0.2) is 0 Å². The van der Waals surface area contributed by atoms with Crippen LogP contribution in [-0.2, 0) is 0 Å². The summed E-state index contributed by atoms with van der Waals surface area (Å²) in [5, 5.41) is 3.23. The van der Waals surface area contributed by atoms with E-state index in [1.807, 2.05) is 12.1 Å². The maximum atomic E-state index is 12.5. The van der Waals surface area contributed by atoms with Gasteiger partial charge in [0.2, 0.25) is 0 Å². The first kappa shape index (κ1) is 15.3.